The number of aliphatic hydroxyl groups excluding tert-OH is 2. The normalized spacial score (nSPS) is 14.9. The van der Waals surface area contributed by atoms with E-state index in [-0.39, 0.29) is 6.54 Å². The molecular formula is C12H14N2O2. The smallest absolute Gasteiger partial charge is 0.107 e. The fourth-order valence-electron chi connectivity index (χ4n) is 1.74. The van der Waals surface area contributed by atoms with Gasteiger partial charge in [0.05, 0.1) is 6.10 Å². The molecule has 0 aliphatic rings. The number of aliphatic hydroxyl groups is 2. The number of hydrogen-bond donors (Lipinski definition) is 3. The summed E-state index contributed by atoms with van der Waals surface area (Å²) in [5.74, 6) is 0. The molecule has 1 aromatic heterocycles. The zero-order chi connectivity index (χ0) is 11.5. The summed E-state index contributed by atoms with van der Waals surface area (Å²) in [5.41, 5.74) is 6.01. The summed E-state index contributed by atoms with van der Waals surface area (Å²) >= 11 is 0. The highest BCUT2D eigenvalue weighted by atomic mass is 16.3. The lowest BCUT2D eigenvalue weighted by molar-refractivity contribution is 0.0252. The second-order valence-electron chi connectivity index (χ2n) is 3.69. The molecule has 0 fully saturated rings. The molecule has 0 saturated carbocycles. The van der Waals surface area contributed by atoms with Crippen molar-refractivity contribution in [1.29, 1.82) is 0 Å². The third-order valence-corrected chi connectivity index (χ3v) is 2.64. The minimum atomic E-state index is -0.962. The standard InChI is InChI=1S/C12H14N2O2/c13-6-11(15)12(16)10-3-1-2-8-7-14-5-4-9(8)10/h1-5,7,11-12,15-16H,6,13H2. The van der Waals surface area contributed by atoms with Gasteiger partial charge in [0.15, 0.2) is 0 Å². The van der Waals surface area contributed by atoms with Crippen LogP contribution in [0.15, 0.2) is 36.7 Å². The van der Waals surface area contributed by atoms with Crippen LogP contribution in [0.2, 0.25) is 0 Å². The van der Waals surface area contributed by atoms with Crippen molar-refractivity contribution in [1.82, 2.24) is 4.98 Å². The molecule has 0 aliphatic carbocycles. The lowest BCUT2D eigenvalue weighted by atomic mass is 9.98. The summed E-state index contributed by atoms with van der Waals surface area (Å²) in [4.78, 5) is 4.01. The Bertz CT molecular complexity index is 482. The molecule has 4 N–H and O–H groups in total. The molecule has 4 heteroatoms. The molecule has 2 aromatic rings. The molecule has 16 heavy (non-hydrogen) atoms. The lowest BCUT2D eigenvalue weighted by Gasteiger charge is -2.18. The first-order chi connectivity index (χ1) is 7.74. The van der Waals surface area contributed by atoms with Gasteiger partial charge in [0.1, 0.15) is 6.10 Å². The van der Waals surface area contributed by atoms with Crippen LogP contribution in [0.5, 0.6) is 0 Å². The molecule has 0 saturated heterocycles. The second-order valence-corrected chi connectivity index (χ2v) is 3.69. The highest BCUT2D eigenvalue weighted by Gasteiger charge is 2.18. The van der Waals surface area contributed by atoms with Crippen LogP contribution >= 0.6 is 0 Å². The van der Waals surface area contributed by atoms with E-state index in [4.69, 9.17) is 5.73 Å². The van der Waals surface area contributed by atoms with E-state index in [0.29, 0.717) is 5.56 Å². The highest BCUT2D eigenvalue weighted by Crippen LogP contribution is 2.25. The SMILES string of the molecule is NCC(O)C(O)c1cccc2cnccc12. The molecule has 4 nitrogen and oxygen atoms in total. The van der Waals surface area contributed by atoms with Crippen molar-refractivity contribution in [2.75, 3.05) is 6.54 Å². The van der Waals surface area contributed by atoms with Crippen LogP contribution in [0.25, 0.3) is 10.8 Å². The molecule has 1 heterocycles. The van der Waals surface area contributed by atoms with Gasteiger partial charge >= 0.3 is 0 Å². The van der Waals surface area contributed by atoms with Crippen LogP contribution < -0.4 is 5.73 Å². The minimum absolute atomic E-state index is 0.0304. The van der Waals surface area contributed by atoms with Crippen molar-refractivity contribution in [3.63, 3.8) is 0 Å². The van der Waals surface area contributed by atoms with Crippen molar-refractivity contribution < 1.29 is 10.2 Å². The van der Waals surface area contributed by atoms with Crippen molar-refractivity contribution in [2.45, 2.75) is 12.2 Å². The maximum atomic E-state index is 9.94. The quantitative estimate of drug-likeness (QED) is 0.704. The summed E-state index contributed by atoms with van der Waals surface area (Å²) in [6.45, 7) is 0.0304. The topological polar surface area (TPSA) is 79.4 Å². The van der Waals surface area contributed by atoms with Gasteiger partial charge in [-0.3, -0.25) is 4.98 Å². The predicted molar refractivity (Wildman–Crippen MR) is 61.8 cm³/mol. The Morgan fingerprint density at radius 2 is 2.06 bits per heavy atom. The van der Waals surface area contributed by atoms with Crippen LogP contribution in [-0.2, 0) is 0 Å². The predicted octanol–water partition coefficient (Wildman–Crippen LogP) is 0.588. The van der Waals surface area contributed by atoms with Gasteiger partial charge in [-0.25, -0.2) is 0 Å². The number of aromatic nitrogens is 1. The Balaban J connectivity index is 2.52. The molecule has 0 amide bonds. The summed E-state index contributed by atoms with van der Waals surface area (Å²) in [6.07, 6.45) is 1.48. The van der Waals surface area contributed by atoms with Crippen LogP contribution in [-0.4, -0.2) is 27.8 Å². The monoisotopic (exact) mass is 218 g/mol. The Kier molecular flexibility index (Phi) is 3.14. The Labute approximate surface area is 93.4 Å². The van der Waals surface area contributed by atoms with Crippen molar-refractivity contribution >= 4 is 10.8 Å². The van der Waals surface area contributed by atoms with Gasteiger partial charge in [0, 0.05) is 24.3 Å². The van der Waals surface area contributed by atoms with E-state index < -0.39 is 12.2 Å². The average Bonchev–Trinajstić information content (AvgIpc) is 2.36. The number of rotatable bonds is 3. The van der Waals surface area contributed by atoms with E-state index >= 15 is 0 Å². The fraction of sp³-hybridized carbons (Fsp3) is 0.250. The Morgan fingerprint density at radius 1 is 1.25 bits per heavy atom. The van der Waals surface area contributed by atoms with E-state index in [0.717, 1.165) is 10.8 Å². The molecule has 0 spiro atoms. The van der Waals surface area contributed by atoms with Gasteiger partial charge < -0.3 is 15.9 Å². The molecule has 2 rings (SSSR count). The number of nitrogens with zero attached hydrogens (tertiary/aromatic N) is 1. The third-order valence-electron chi connectivity index (χ3n) is 2.64. The van der Waals surface area contributed by atoms with Gasteiger partial charge in [0.25, 0.3) is 0 Å². The maximum absolute atomic E-state index is 9.94. The largest absolute Gasteiger partial charge is 0.389 e. The van der Waals surface area contributed by atoms with Gasteiger partial charge in [-0.2, -0.15) is 0 Å². The molecule has 2 atom stereocenters. The van der Waals surface area contributed by atoms with Crippen LogP contribution in [0.1, 0.15) is 11.7 Å². The lowest BCUT2D eigenvalue weighted by Crippen LogP contribution is -2.27. The second kappa shape index (κ2) is 4.57. The van der Waals surface area contributed by atoms with Crippen molar-refractivity contribution in [3.8, 4) is 0 Å². The molecule has 84 valence electrons. The van der Waals surface area contributed by atoms with E-state index in [2.05, 4.69) is 4.98 Å². The summed E-state index contributed by atoms with van der Waals surface area (Å²) in [5, 5.41) is 21.3. The molecule has 0 aliphatic heterocycles. The van der Waals surface area contributed by atoms with E-state index in [1.807, 2.05) is 18.2 Å². The summed E-state index contributed by atoms with van der Waals surface area (Å²) < 4.78 is 0. The Hall–Kier alpha value is -1.49. The highest BCUT2D eigenvalue weighted by molar-refractivity contribution is 5.85. The maximum Gasteiger partial charge on any atom is 0.107 e. The molecule has 1 aromatic carbocycles. The first kappa shape index (κ1) is 11.0. The molecule has 2 unspecified atom stereocenters. The minimum Gasteiger partial charge on any atom is -0.389 e. The molecule has 0 bridgehead atoms. The first-order valence-corrected chi connectivity index (χ1v) is 5.13. The van der Waals surface area contributed by atoms with Gasteiger partial charge in [-0.05, 0) is 17.0 Å². The van der Waals surface area contributed by atoms with Crippen molar-refractivity contribution in [2.24, 2.45) is 5.73 Å². The number of hydrogen-bond acceptors (Lipinski definition) is 4. The number of benzene rings is 1. The first-order valence-electron chi connectivity index (χ1n) is 5.13. The average molecular weight is 218 g/mol. The number of nitrogens with two attached hydrogens (primary N) is 1. The van der Waals surface area contributed by atoms with Gasteiger partial charge in [0.2, 0.25) is 0 Å². The molecule has 0 radical (unpaired) electrons. The number of fused-ring (bicyclic) bond motifs is 1. The zero-order valence-electron chi connectivity index (χ0n) is 8.74. The summed E-state index contributed by atoms with van der Waals surface area (Å²) in [6, 6.07) is 7.34. The van der Waals surface area contributed by atoms with E-state index in [9.17, 15) is 10.2 Å². The number of pyridine rings is 1. The Morgan fingerprint density at radius 3 is 2.81 bits per heavy atom. The summed E-state index contributed by atoms with van der Waals surface area (Å²) in [7, 11) is 0. The molecular weight excluding hydrogens is 204 g/mol. The van der Waals surface area contributed by atoms with Crippen molar-refractivity contribution in [3.05, 3.63) is 42.2 Å². The van der Waals surface area contributed by atoms with E-state index in [1.54, 1.807) is 18.5 Å². The zero-order valence-corrected chi connectivity index (χ0v) is 8.74. The van der Waals surface area contributed by atoms with Crippen LogP contribution in [0.4, 0.5) is 0 Å². The van der Waals surface area contributed by atoms with E-state index in [1.165, 1.54) is 0 Å². The van der Waals surface area contributed by atoms with Crippen LogP contribution in [0, 0.1) is 0 Å². The third kappa shape index (κ3) is 1.90. The van der Waals surface area contributed by atoms with Crippen LogP contribution in [0.3, 0.4) is 0 Å². The van der Waals surface area contributed by atoms with Gasteiger partial charge in [-0.15, -0.1) is 0 Å². The van der Waals surface area contributed by atoms with Gasteiger partial charge in [-0.1, -0.05) is 18.2 Å². The fourth-order valence-corrected chi connectivity index (χ4v) is 1.74.